The van der Waals surface area contributed by atoms with Crippen molar-refractivity contribution in [1.29, 1.82) is 0 Å². The quantitative estimate of drug-likeness (QED) is 0.822. The molecule has 1 amide bonds. The summed E-state index contributed by atoms with van der Waals surface area (Å²) in [6.07, 6.45) is 1.60. The monoisotopic (exact) mass is 323 g/mol. The van der Waals surface area contributed by atoms with Crippen LogP contribution in [0.25, 0.3) is 0 Å². The van der Waals surface area contributed by atoms with E-state index in [1.807, 2.05) is 0 Å². The van der Waals surface area contributed by atoms with E-state index in [0.717, 1.165) is 17.5 Å². The number of nitrogens with zero attached hydrogens (tertiary/aromatic N) is 2. The third-order valence-corrected chi connectivity index (χ3v) is 4.21. The average Bonchev–Trinajstić information content (AvgIpc) is 2.87. The summed E-state index contributed by atoms with van der Waals surface area (Å²) in [5, 5.41) is 14.5. The summed E-state index contributed by atoms with van der Waals surface area (Å²) in [5.74, 6) is -1.20. The number of carboxylic acid groups (broad SMARTS) is 1. The SMILES string of the molecule is Cc1cc(C)c(C(=O)O)c(SCC(=O)Nc2nccs2)n1. The van der Waals surface area contributed by atoms with Gasteiger partial charge in [0.05, 0.1) is 11.3 Å². The molecule has 2 heterocycles. The number of hydrogen-bond donors (Lipinski definition) is 2. The Bertz CT molecular complexity index is 672. The molecule has 6 nitrogen and oxygen atoms in total. The van der Waals surface area contributed by atoms with Gasteiger partial charge in [0.25, 0.3) is 0 Å². The standard InChI is InChI=1S/C13H13N3O3S2/c1-7-5-8(2)15-11(10(7)12(18)19)21-6-9(17)16-13-14-3-4-20-13/h3-5H,6H2,1-2H3,(H,18,19)(H,14,16,17). The number of nitrogens with one attached hydrogen (secondary N) is 1. The number of aromatic carboxylic acids is 1. The van der Waals surface area contributed by atoms with E-state index in [1.165, 1.54) is 11.3 Å². The lowest BCUT2D eigenvalue weighted by molar-refractivity contribution is -0.113. The summed E-state index contributed by atoms with van der Waals surface area (Å²) in [4.78, 5) is 31.3. The molecular weight excluding hydrogens is 310 g/mol. The van der Waals surface area contributed by atoms with Gasteiger partial charge in [-0.3, -0.25) is 4.79 Å². The number of carbonyl (C=O) groups is 2. The summed E-state index contributed by atoms with van der Waals surface area (Å²) in [7, 11) is 0. The summed E-state index contributed by atoms with van der Waals surface area (Å²) < 4.78 is 0. The molecule has 2 aromatic heterocycles. The normalized spacial score (nSPS) is 10.4. The predicted octanol–water partition coefficient (Wildman–Crippen LogP) is 2.58. The molecule has 2 N–H and O–H groups in total. The second-order valence-corrected chi connectivity index (χ2v) is 6.10. The maximum absolute atomic E-state index is 11.8. The average molecular weight is 323 g/mol. The molecule has 2 aromatic rings. The molecule has 0 aliphatic rings. The minimum Gasteiger partial charge on any atom is -0.478 e. The number of carboxylic acids is 1. The third kappa shape index (κ3) is 4.02. The first kappa shape index (κ1) is 15.5. The Kier molecular flexibility index (Phi) is 4.92. The summed E-state index contributed by atoms with van der Waals surface area (Å²) in [5.41, 5.74) is 1.51. The van der Waals surface area contributed by atoms with Crippen LogP contribution in [-0.4, -0.2) is 32.7 Å². The van der Waals surface area contributed by atoms with Crippen molar-refractivity contribution in [3.63, 3.8) is 0 Å². The van der Waals surface area contributed by atoms with Crippen LogP contribution < -0.4 is 5.32 Å². The number of amides is 1. The molecule has 8 heteroatoms. The summed E-state index contributed by atoms with van der Waals surface area (Å²) in [6.45, 7) is 3.51. The van der Waals surface area contributed by atoms with Gasteiger partial charge in [-0.2, -0.15) is 0 Å². The lowest BCUT2D eigenvalue weighted by Gasteiger charge is -2.09. The zero-order valence-electron chi connectivity index (χ0n) is 11.4. The highest BCUT2D eigenvalue weighted by Gasteiger charge is 2.17. The predicted molar refractivity (Wildman–Crippen MR) is 82.1 cm³/mol. The van der Waals surface area contributed by atoms with Crippen LogP contribution in [0.2, 0.25) is 0 Å². The van der Waals surface area contributed by atoms with E-state index in [1.54, 1.807) is 31.5 Å². The van der Waals surface area contributed by atoms with E-state index >= 15 is 0 Å². The van der Waals surface area contributed by atoms with Crippen LogP contribution in [0.15, 0.2) is 22.7 Å². The van der Waals surface area contributed by atoms with Crippen LogP contribution >= 0.6 is 23.1 Å². The lowest BCUT2D eigenvalue weighted by atomic mass is 10.1. The Morgan fingerprint density at radius 3 is 2.81 bits per heavy atom. The molecule has 0 aliphatic carbocycles. The minimum atomic E-state index is -1.04. The van der Waals surface area contributed by atoms with E-state index < -0.39 is 5.97 Å². The van der Waals surface area contributed by atoms with Gasteiger partial charge in [0.1, 0.15) is 5.03 Å². The maximum atomic E-state index is 11.8. The molecule has 110 valence electrons. The van der Waals surface area contributed by atoms with Gasteiger partial charge in [0.15, 0.2) is 5.13 Å². The molecule has 0 aromatic carbocycles. The van der Waals surface area contributed by atoms with Crippen LogP contribution in [0.5, 0.6) is 0 Å². The van der Waals surface area contributed by atoms with Crippen molar-refractivity contribution in [1.82, 2.24) is 9.97 Å². The van der Waals surface area contributed by atoms with E-state index in [9.17, 15) is 14.7 Å². The number of thioether (sulfide) groups is 1. The van der Waals surface area contributed by atoms with Gasteiger partial charge in [0.2, 0.25) is 5.91 Å². The van der Waals surface area contributed by atoms with E-state index in [-0.39, 0.29) is 17.2 Å². The van der Waals surface area contributed by atoms with Crippen LogP contribution in [0, 0.1) is 13.8 Å². The molecule has 0 bridgehead atoms. The molecule has 0 unspecified atom stereocenters. The molecule has 0 aliphatic heterocycles. The first-order valence-corrected chi connectivity index (χ1v) is 7.87. The fraction of sp³-hybridized carbons (Fsp3) is 0.231. The van der Waals surface area contributed by atoms with E-state index in [0.29, 0.717) is 15.7 Å². The Labute approximate surface area is 129 Å². The molecule has 0 atom stereocenters. The minimum absolute atomic E-state index is 0.0791. The van der Waals surface area contributed by atoms with Gasteiger partial charge in [-0.05, 0) is 25.5 Å². The first-order chi connectivity index (χ1) is 9.97. The van der Waals surface area contributed by atoms with Gasteiger partial charge < -0.3 is 10.4 Å². The van der Waals surface area contributed by atoms with Gasteiger partial charge in [0, 0.05) is 17.3 Å². The first-order valence-electron chi connectivity index (χ1n) is 6.01. The van der Waals surface area contributed by atoms with Gasteiger partial charge >= 0.3 is 5.97 Å². The van der Waals surface area contributed by atoms with Crippen molar-refractivity contribution in [2.45, 2.75) is 18.9 Å². The number of carbonyl (C=O) groups excluding carboxylic acids is 1. The molecular formula is C13H13N3O3S2. The van der Waals surface area contributed by atoms with Crippen LogP contribution in [0.4, 0.5) is 5.13 Å². The van der Waals surface area contributed by atoms with Crippen LogP contribution in [0.1, 0.15) is 21.6 Å². The second kappa shape index (κ2) is 6.68. The van der Waals surface area contributed by atoms with Gasteiger partial charge in [-0.25, -0.2) is 14.8 Å². The fourth-order valence-electron chi connectivity index (χ4n) is 1.74. The highest BCUT2D eigenvalue weighted by atomic mass is 32.2. The zero-order chi connectivity index (χ0) is 15.4. The Hall–Kier alpha value is -1.93. The molecule has 0 fully saturated rings. The second-order valence-electron chi connectivity index (χ2n) is 4.24. The molecule has 0 saturated heterocycles. The number of anilines is 1. The van der Waals surface area contributed by atoms with Crippen LogP contribution in [-0.2, 0) is 4.79 Å². The topological polar surface area (TPSA) is 92.2 Å². The van der Waals surface area contributed by atoms with E-state index in [2.05, 4.69) is 15.3 Å². The van der Waals surface area contributed by atoms with E-state index in [4.69, 9.17) is 0 Å². The highest BCUT2D eigenvalue weighted by Crippen LogP contribution is 2.24. The number of thiazole rings is 1. The van der Waals surface area contributed by atoms with Crippen molar-refractivity contribution in [2.24, 2.45) is 0 Å². The highest BCUT2D eigenvalue weighted by molar-refractivity contribution is 8.00. The van der Waals surface area contributed by atoms with Gasteiger partial charge in [-0.15, -0.1) is 11.3 Å². The lowest BCUT2D eigenvalue weighted by Crippen LogP contribution is -2.15. The number of aryl methyl sites for hydroxylation is 2. The van der Waals surface area contributed by atoms with Crippen molar-refractivity contribution in [3.05, 3.63) is 34.5 Å². The van der Waals surface area contributed by atoms with Gasteiger partial charge in [-0.1, -0.05) is 11.8 Å². The number of rotatable bonds is 5. The summed E-state index contributed by atoms with van der Waals surface area (Å²) in [6, 6.07) is 1.71. The Morgan fingerprint density at radius 1 is 1.43 bits per heavy atom. The third-order valence-electron chi connectivity index (χ3n) is 2.54. The van der Waals surface area contributed by atoms with Crippen molar-refractivity contribution in [2.75, 3.05) is 11.1 Å². The van der Waals surface area contributed by atoms with Crippen molar-refractivity contribution >= 4 is 40.1 Å². The zero-order valence-corrected chi connectivity index (χ0v) is 13.0. The summed E-state index contributed by atoms with van der Waals surface area (Å²) >= 11 is 2.43. The molecule has 2 rings (SSSR count). The Balaban J connectivity index is 2.09. The van der Waals surface area contributed by atoms with Crippen LogP contribution in [0.3, 0.4) is 0 Å². The van der Waals surface area contributed by atoms with Crippen molar-refractivity contribution in [3.8, 4) is 0 Å². The smallest absolute Gasteiger partial charge is 0.338 e. The maximum Gasteiger partial charge on any atom is 0.338 e. The number of pyridine rings is 1. The van der Waals surface area contributed by atoms with Crippen molar-refractivity contribution < 1.29 is 14.7 Å². The molecule has 0 saturated carbocycles. The number of aromatic nitrogens is 2. The molecule has 0 spiro atoms. The Morgan fingerprint density at radius 2 is 2.19 bits per heavy atom. The fourth-order valence-corrected chi connectivity index (χ4v) is 3.23. The number of hydrogen-bond acceptors (Lipinski definition) is 6. The molecule has 21 heavy (non-hydrogen) atoms. The largest absolute Gasteiger partial charge is 0.478 e. The molecule has 0 radical (unpaired) electrons.